The van der Waals surface area contributed by atoms with Crippen LogP contribution in [0, 0.1) is 29.6 Å². The molecule has 0 heterocycles. The van der Waals surface area contributed by atoms with Gasteiger partial charge >= 0.3 is 0 Å². The van der Waals surface area contributed by atoms with Gasteiger partial charge in [-0.15, -0.1) is 0 Å². The van der Waals surface area contributed by atoms with Gasteiger partial charge < -0.3 is 0 Å². The van der Waals surface area contributed by atoms with Crippen LogP contribution in [-0.4, -0.2) is 5.78 Å². The zero-order chi connectivity index (χ0) is 22.8. The second-order valence-corrected chi connectivity index (χ2v) is 10.7. The minimum Gasteiger partial charge on any atom is -0.298 e. The van der Waals surface area contributed by atoms with Crippen molar-refractivity contribution in [3.8, 4) is 0 Å². The van der Waals surface area contributed by atoms with E-state index in [-0.39, 0.29) is 5.92 Å². The van der Waals surface area contributed by atoms with Gasteiger partial charge in [0.1, 0.15) is 5.78 Å². The summed E-state index contributed by atoms with van der Waals surface area (Å²) >= 11 is 0. The van der Waals surface area contributed by atoms with Gasteiger partial charge in [0, 0.05) is 12.8 Å². The summed E-state index contributed by atoms with van der Waals surface area (Å²) in [6, 6.07) is 6.57. The zero-order valence-electron chi connectivity index (χ0n) is 21.0. The molecule has 0 aromatic heterocycles. The van der Waals surface area contributed by atoms with E-state index in [1.165, 1.54) is 27.8 Å². The summed E-state index contributed by atoms with van der Waals surface area (Å²) in [6.07, 6.45) is 7.38. The molecule has 0 fully saturated rings. The normalized spacial score (nSPS) is 19.8. The molecule has 1 radical (unpaired) electrons. The zero-order valence-corrected chi connectivity index (χ0v) is 21.0. The molecule has 1 aromatic carbocycles. The number of carbonyl (C=O) groups excluding carboxylic acids is 1. The molecule has 0 spiro atoms. The predicted octanol–water partition coefficient (Wildman–Crippen LogP) is 8.07. The average Bonchev–Trinajstić information content (AvgIpc) is 2.66. The van der Waals surface area contributed by atoms with Crippen molar-refractivity contribution < 1.29 is 4.79 Å². The fourth-order valence-corrected chi connectivity index (χ4v) is 4.57. The molecule has 30 heavy (non-hydrogen) atoms. The number of hydrogen-bond donors (Lipinski definition) is 0. The molecular formula is C29H43O. The Morgan fingerprint density at radius 1 is 0.767 bits per heavy atom. The van der Waals surface area contributed by atoms with E-state index in [0.717, 1.165) is 0 Å². The SMILES string of the molecule is CC(C)C1=CC(C(C)C)=CC(C(=O)Cc2c(C(C)C)cccc2C(C)C)(C(C)C)[CH]1. The van der Waals surface area contributed by atoms with Crippen LogP contribution >= 0.6 is 0 Å². The Morgan fingerprint density at radius 3 is 1.67 bits per heavy atom. The van der Waals surface area contributed by atoms with E-state index in [0.29, 0.717) is 35.9 Å². The summed E-state index contributed by atoms with van der Waals surface area (Å²) < 4.78 is 0. The number of Topliss-reactive ketones (excluding diaryl/α,β-unsaturated/α-hetero) is 1. The predicted molar refractivity (Wildman–Crippen MR) is 131 cm³/mol. The Hall–Kier alpha value is -1.63. The lowest BCUT2D eigenvalue weighted by molar-refractivity contribution is -0.126. The van der Waals surface area contributed by atoms with E-state index < -0.39 is 5.41 Å². The standard InChI is InChI=1S/C29H43O/c1-18(2)23-14-24(19(3)4)17-29(16-23,22(9)10)28(30)15-27-25(20(5)6)12-11-13-26(27)21(7)8/h11-14,16-22H,15H2,1-10H3. The van der Waals surface area contributed by atoms with E-state index in [4.69, 9.17) is 0 Å². The molecule has 1 nitrogen and oxygen atoms in total. The summed E-state index contributed by atoms with van der Waals surface area (Å²) in [5.74, 6) is 2.18. The molecule has 1 heteroatoms. The van der Waals surface area contributed by atoms with Gasteiger partial charge in [0.2, 0.25) is 0 Å². The highest BCUT2D eigenvalue weighted by Crippen LogP contribution is 2.45. The van der Waals surface area contributed by atoms with Crippen molar-refractivity contribution in [2.75, 3.05) is 0 Å². The fraction of sp³-hybridized carbons (Fsp3) is 0.586. The maximum Gasteiger partial charge on any atom is 0.148 e. The van der Waals surface area contributed by atoms with Crippen molar-refractivity contribution in [3.05, 3.63) is 64.6 Å². The molecular weight excluding hydrogens is 364 g/mol. The summed E-state index contributed by atoms with van der Waals surface area (Å²) in [4.78, 5) is 14.1. The molecule has 0 amide bonds. The number of carbonyl (C=O) groups is 1. The van der Waals surface area contributed by atoms with Crippen LogP contribution in [0.3, 0.4) is 0 Å². The third kappa shape index (κ3) is 4.98. The van der Waals surface area contributed by atoms with Crippen molar-refractivity contribution in [3.63, 3.8) is 0 Å². The highest BCUT2D eigenvalue weighted by atomic mass is 16.1. The number of allylic oxidation sites excluding steroid dienone is 4. The van der Waals surface area contributed by atoms with Crippen LogP contribution < -0.4 is 0 Å². The van der Waals surface area contributed by atoms with Crippen LogP contribution in [0.5, 0.6) is 0 Å². The average molecular weight is 408 g/mol. The summed E-state index contributed by atoms with van der Waals surface area (Å²) in [5, 5.41) is 0. The number of benzene rings is 1. The molecule has 1 atom stereocenters. The van der Waals surface area contributed by atoms with E-state index in [9.17, 15) is 4.79 Å². The van der Waals surface area contributed by atoms with Crippen LogP contribution in [0.4, 0.5) is 0 Å². The first-order valence-electron chi connectivity index (χ1n) is 11.9. The highest BCUT2D eigenvalue weighted by molar-refractivity contribution is 5.92. The minimum absolute atomic E-state index is 0.218. The number of rotatable bonds is 8. The Balaban J connectivity index is 2.59. The molecule has 0 aliphatic heterocycles. The van der Waals surface area contributed by atoms with Crippen LogP contribution in [0.25, 0.3) is 0 Å². The molecule has 165 valence electrons. The van der Waals surface area contributed by atoms with E-state index >= 15 is 0 Å². The van der Waals surface area contributed by atoms with Crippen LogP contribution in [0.15, 0.2) is 41.5 Å². The van der Waals surface area contributed by atoms with Crippen molar-refractivity contribution in [2.45, 2.75) is 87.5 Å². The van der Waals surface area contributed by atoms with Gasteiger partial charge in [-0.25, -0.2) is 0 Å². The Bertz CT molecular complexity index is 791. The summed E-state index contributed by atoms with van der Waals surface area (Å²) in [7, 11) is 0. The lowest BCUT2D eigenvalue weighted by Crippen LogP contribution is -2.39. The van der Waals surface area contributed by atoms with Gasteiger partial charge in [-0.3, -0.25) is 4.79 Å². The maximum absolute atomic E-state index is 14.1. The Kier molecular flexibility index (Phi) is 7.94. The second-order valence-electron chi connectivity index (χ2n) is 10.7. The smallest absolute Gasteiger partial charge is 0.148 e. The van der Waals surface area contributed by atoms with Gasteiger partial charge in [0.05, 0.1) is 5.41 Å². The van der Waals surface area contributed by atoms with Gasteiger partial charge in [-0.2, -0.15) is 0 Å². The largest absolute Gasteiger partial charge is 0.298 e. The molecule has 1 aromatic rings. The number of hydrogen-bond acceptors (Lipinski definition) is 1. The quantitative estimate of drug-likeness (QED) is 0.426. The van der Waals surface area contributed by atoms with E-state index in [1.54, 1.807) is 0 Å². The van der Waals surface area contributed by atoms with E-state index in [2.05, 4.69) is 106 Å². The van der Waals surface area contributed by atoms with Gasteiger partial charge in [0.15, 0.2) is 0 Å². The van der Waals surface area contributed by atoms with Crippen LogP contribution in [-0.2, 0) is 11.2 Å². The van der Waals surface area contributed by atoms with Crippen LogP contribution in [0.1, 0.15) is 97.8 Å². The van der Waals surface area contributed by atoms with E-state index in [1.807, 2.05) is 0 Å². The van der Waals surface area contributed by atoms with Crippen molar-refractivity contribution in [1.29, 1.82) is 0 Å². The Morgan fingerprint density at radius 2 is 1.27 bits per heavy atom. The molecule has 0 N–H and O–H groups in total. The van der Waals surface area contributed by atoms with Gasteiger partial charge in [-0.05, 0) is 51.9 Å². The molecule has 0 saturated carbocycles. The topological polar surface area (TPSA) is 17.1 Å². The molecule has 0 saturated heterocycles. The first-order chi connectivity index (χ1) is 13.9. The molecule has 2 rings (SSSR count). The summed E-state index contributed by atoms with van der Waals surface area (Å²) in [6.45, 7) is 22.2. The first-order valence-corrected chi connectivity index (χ1v) is 11.9. The minimum atomic E-state index is -0.535. The number of ketones is 1. The van der Waals surface area contributed by atoms with Crippen molar-refractivity contribution in [2.24, 2.45) is 23.2 Å². The Labute approximate surface area is 186 Å². The maximum atomic E-state index is 14.1. The first kappa shape index (κ1) is 24.6. The van der Waals surface area contributed by atoms with Gasteiger partial charge in [-0.1, -0.05) is 105 Å². The lowest BCUT2D eigenvalue weighted by atomic mass is 9.63. The monoisotopic (exact) mass is 407 g/mol. The highest BCUT2D eigenvalue weighted by Gasteiger charge is 2.43. The van der Waals surface area contributed by atoms with Crippen molar-refractivity contribution >= 4 is 5.78 Å². The second kappa shape index (κ2) is 9.67. The van der Waals surface area contributed by atoms with Crippen molar-refractivity contribution in [1.82, 2.24) is 0 Å². The third-order valence-corrected chi connectivity index (χ3v) is 6.75. The molecule has 1 unspecified atom stereocenters. The van der Waals surface area contributed by atoms with Crippen LogP contribution in [0.2, 0.25) is 0 Å². The molecule has 1 aliphatic rings. The van der Waals surface area contributed by atoms with Gasteiger partial charge in [0.25, 0.3) is 0 Å². The molecule has 0 bridgehead atoms. The third-order valence-electron chi connectivity index (χ3n) is 6.75. The molecule has 1 aliphatic carbocycles. The summed E-state index contributed by atoms with van der Waals surface area (Å²) in [5.41, 5.74) is 5.94. The fourth-order valence-electron chi connectivity index (χ4n) is 4.57. The lowest BCUT2D eigenvalue weighted by Gasteiger charge is -2.39.